The molecule has 0 spiro atoms. The highest BCUT2D eigenvalue weighted by Crippen LogP contribution is 2.32. The van der Waals surface area contributed by atoms with Crippen molar-refractivity contribution in [3.05, 3.63) is 47.4 Å². The van der Waals surface area contributed by atoms with E-state index in [0.29, 0.717) is 24.4 Å². The van der Waals surface area contributed by atoms with Crippen LogP contribution in [-0.4, -0.2) is 43.7 Å². The quantitative estimate of drug-likeness (QED) is 0.716. The molecule has 2 aliphatic heterocycles. The zero-order valence-corrected chi connectivity index (χ0v) is 19.3. The standard InChI is InChI=1S/C23H29N3O5S/c1-16-5-3-4-12-26(16)32(29,30)20-9-10-21-18(13-20)7-11-23(28)25(21)15-22(27)24-14-19-8-6-17(2)31-19/h6,8-10,13,16H,3-5,7,11-12,14-15H2,1-2H3,(H,24,27). The average Bonchev–Trinajstić information content (AvgIpc) is 3.19. The number of nitrogens with one attached hydrogen (secondary N) is 1. The summed E-state index contributed by atoms with van der Waals surface area (Å²) in [4.78, 5) is 26.7. The molecular formula is C23H29N3O5S. The first-order valence-electron chi connectivity index (χ1n) is 11.0. The van der Waals surface area contributed by atoms with E-state index in [2.05, 4.69) is 5.32 Å². The van der Waals surface area contributed by atoms with Gasteiger partial charge < -0.3 is 14.6 Å². The molecule has 3 heterocycles. The van der Waals surface area contributed by atoms with E-state index >= 15 is 0 Å². The van der Waals surface area contributed by atoms with Crippen LogP contribution in [0, 0.1) is 6.92 Å². The lowest BCUT2D eigenvalue weighted by atomic mass is 10.0. The van der Waals surface area contributed by atoms with Gasteiger partial charge in [-0.25, -0.2) is 8.42 Å². The Balaban J connectivity index is 1.50. The van der Waals surface area contributed by atoms with E-state index in [4.69, 9.17) is 4.42 Å². The molecule has 4 rings (SSSR count). The lowest BCUT2D eigenvalue weighted by Crippen LogP contribution is -2.43. The minimum absolute atomic E-state index is 0.0236. The van der Waals surface area contributed by atoms with Gasteiger partial charge in [0.15, 0.2) is 0 Å². The monoisotopic (exact) mass is 459 g/mol. The van der Waals surface area contributed by atoms with Crippen LogP contribution in [0.5, 0.6) is 0 Å². The smallest absolute Gasteiger partial charge is 0.243 e. The van der Waals surface area contributed by atoms with Crippen LogP contribution in [-0.2, 0) is 32.6 Å². The van der Waals surface area contributed by atoms with Gasteiger partial charge in [0, 0.05) is 24.7 Å². The number of aryl methyl sites for hydroxylation is 2. The van der Waals surface area contributed by atoms with E-state index in [1.165, 1.54) is 4.90 Å². The number of fused-ring (bicyclic) bond motifs is 1. The Morgan fingerprint density at radius 1 is 1.19 bits per heavy atom. The number of carbonyl (C=O) groups is 2. The summed E-state index contributed by atoms with van der Waals surface area (Å²) in [6.07, 6.45) is 3.46. The van der Waals surface area contributed by atoms with Gasteiger partial charge in [0.1, 0.15) is 18.1 Å². The molecule has 1 N–H and O–H groups in total. The van der Waals surface area contributed by atoms with Crippen molar-refractivity contribution < 1.29 is 22.4 Å². The molecule has 0 aliphatic carbocycles. The number of benzene rings is 1. The normalized spacial score (nSPS) is 19.6. The minimum atomic E-state index is -3.60. The Kier molecular flexibility index (Phi) is 6.39. The summed E-state index contributed by atoms with van der Waals surface area (Å²) in [5, 5.41) is 2.77. The van der Waals surface area contributed by atoms with Gasteiger partial charge in [0.2, 0.25) is 21.8 Å². The van der Waals surface area contributed by atoms with E-state index in [1.807, 2.05) is 19.9 Å². The van der Waals surface area contributed by atoms with Crippen molar-refractivity contribution in [3.63, 3.8) is 0 Å². The van der Waals surface area contributed by atoms with Crippen LogP contribution in [0.2, 0.25) is 0 Å². The van der Waals surface area contributed by atoms with Crippen molar-refractivity contribution in [1.29, 1.82) is 0 Å². The van der Waals surface area contributed by atoms with Crippen molar-refractivity contribution in [3.8, 4) is 0 Å². The zero-order chi connectivity index (χ0) is 22.9. The molecule has 2 amide bonds. The van der Waals surface area contributed by atoms with E-state index in [1.54, 1.807) is 28.6 Å². The second-order valence-corrected chi connectivity index (χ2v) is 10.4. The number of hydrogen-bond acceptors (Lipinski definition) is 5. The van der Waals surface area contributed by atoms with Gasteiger partial charge in [-0.05, 0) is 69.0 Å². The van der Waals surface area contributed by atoms with Crippen LogP contribution in [0.15, 0.2) is 39.6 Å². The summed E-state index contributed by atoms with van der Waals surface area (Å²) in [5.74, 6) is 0.947. The van der Waals surface area contributed by atoms with Crippen molar-refractivity contribution in [2.45, 2.75) is 63.4 Å². The molecule has 172 valence electrons. The molecule has 1 atom stereocenters. The summed E-state index contributed by atoms with van der Waals surface area (Å²) in [7, 11) is -3.60. The van der Waals surface area contributed by atoms with Gasteiger partial charge in [-0.15, -0.1) is 0 Å². The van der Waals surface area contributed by atoms with Gasteiger partial charge in [-0.2, -0.15) is 4.31 Å². The maximum absolute atomic E-state index is 13.2. The first-order valence-corrected chi connectivity index (χ1v) is 12.5. The Labute approximate surface area is 188 Å². The Morgan fingerprint density at radius 3 is 2.72 bits per heavy atom. The number of anilines is 1. The van der Waals surface area contributed by atoms with E-state index < -0.39 is 10.0 Å². The third kappa shape index (κ3) is 4.59. The fourth-order valence-electron chi connectivity index (χ4n) is 4.40. The van der Waals surface area contributed by atoms with E-state index in [-0.39, 0.29) is 42.3 Å². The van der Waals surface area contributed by atoms with E-state index in [9.17, 15) is 18.0 Å². The molecule has 2 aromatic rings. The molecule has 1 aromatic carbocycles. The van der Waals surface area contributed by atoms with Gasteiger partial charge in [-0.3, -0.25) is 9.59 Å². The summed E-state index contributed by atoms with van der Waals surface area (Å²) in [6.45, 7) is 4.42. The van der Waals surface area contributed by atoms with Crippen molar-refractivity contribution in [2.24, 2.45) is 0 Å². The Morgan fingerprint density at radius 2 is 2.00 bits per heavy atom. The van der Waals surface area contributed by atoms with Gasteiger partial charge in [0.05, 0.1) is 11.4 Å². The first-order chi connectivity index (χ1) is 15.3. The number of rotatable bonds is 6. The first kappa shape index (κ1) is 22.5. The Hall–Kier alpha value is -2.65. The van der Waals surface area contributed by atoms with Gasteiger partial charge >= 0.3 is 0 Å². The van der Waals surface area contributed by atoms with Gasteiger partial charge in [0.25, 0.3) is 0 Å². The molecule has 2 aliphatic rings. The van der Waals surface area contributed by atoms with Crippen LogP contribution in [0.1, 0.15) is 49.7 Å². The number of hydrogen-bond donors (Lipinski definition) is 1. The number of furan rings is 1. The van der Waals surface area contributed by atoms with Crippen molar-refractivity contribution in [1.82, 2.24) is 9.62 Å². The molecule has 0 saturated carbocycles. The van der Waals surface area contributed by atoms with Crippen LogP contribution < -0.4 is 10.2 Å². The van der Waals surface area contributed by atoms with Gasteiger partial charge in [-0.1, -0.05) is 6.42 Å². The summed E-state index contributed by atoms with van der Waals surface area (Å²) in [6, 6.07) is 8.45. The maximum atomic E-state index is 13.2. The minimum Gasteiger partial charge on any atom is -0.465 e. The highest BCUT2D eigenvalue weighted by molar-refractivity contribution is 7.89. The van der Waals surface area contributed by atoms with Crippen LogP contribution in [0.25, 0.3) is 0 Å². The highest BCUT2D eigenvalue weighted by atomic mass is 32.2. The molecule has 0 bridgehead atoms. The van der Waals surface area contributed by atoms with Crippen molar-refractivity contribution in [2.75, 3.05) is 18.0 Å². The third-order valence-corrected chi connectivity index (χ3v) is 8.17. The predicted molar refractivity (Wildman–Crippen MR) is 120 cm³/mol. The lowest BCUT2D eigenvalue weighted by Gasteiger charge is -2.33. The SMILES string of the molecule is Cc1ccc(CNC(=O)CN2C(=O)CCc3cc(S(=O)(=O)N4CCCCC4C)ccc32)o1. The highest BCUT2D eigenvalue weighted by Gasteiger charge is 2.33. The molecule has 1 aromatic heterocycles. The number of amides is 2. The second kappa shape index (κ2) is 9.07. The molecule has 9 heteroatoms. The molecule has 1 saturated heterocycles. The van der Waals surface area contributed by atoms with Crippen LogP contribution >= 0.6 is 0 Å². The third-order valence-electron chi connectivity index (χ3n) is 6.16. The number of carbonyl (C=O) groups excluding carboxylic acids is 2. The van der Waals surface area contributed by atoms with Crippen molar-refractivity contribution >= 4 is 27.5 Å². The largest absolute Gasteiger partial charge is 0.465 e. The summed E-state index contributed by atoms with van der Waals surface area (Å²) >= 11 is 0. The molecule has 1 fully saturated rings. The fourth-order valence-corrected chi connectivity index (χ4v) is 6.15. The molecular weight excluding hydrogens is 430 g/mol. The van der Waals surface area contributed by atoms with E-state index in [0.717, 1.165) is 30.6 Å². The lowest BCUT2D eigenvalue weighted by molar-refractivity contribution is -0.124. The predicted octanol–water partition coefficient (Wildman–Crippen LogP) is 2.75. The topological polar surface area (TPSA) is 99.9 Å². The number of nitrogens with zero attached hydrogens (tertiary/aromatic N) is 2. The second-order valence-electron chi connectivity index (χ2n) is 8.52. The average molecular weight is 460 g/mol. The molecule has 0 radical (unpaired) electrons. The zero-order valence-electron chi connectivity index (χ0n) is 18.5. The molecule has 32 heavy (non-hydrogen) atoms. The van der Waals surface area contributed by atoms with Crippen LogP contribution in [0.4, 0.5) is 5.69 Å². The summed E-state index contributed by atoms with van der Waals surface area (Å²) in [5.41, 5.74) is 1.36. The fraction of sp³-hybridized carbons (Fsp3) is 0.478. The van der Waals surface area contributed by atoms with Crippen LogP contribution in [0.3, 0.4) is 0 Å². The Bertz CT molecular complexity index is 1120. The number of sulfonamides is 1. The molecule has 1 unspecified atom stereocenters. The summed E-state index contributed by atoms with van der Waals surface area (Å²) < 4.78 is 33.4. The number of piperidine rings is 1. The molecule has 8 nitrogen and oxygen atoms in total. The maximum Gasteiger partial charge on any atom is 0.243 e.